The van der Waals surface area contributed by atoms with E-state index in [0.717, 1.165) is 0 Å². The zero-order chi connectivity index (χ0) is 13.7. The monoisotopic (exact) mass is 360 g/mol. The Bertz CT molecular complexity index is 175. The highest BCUT2D eigenvalue weighted by Gasteiger charge is 2.26. The van der Waals surface area contributed by atoms with Crippen LogP contribution in [-0.4, -0.2) is 55.7 Å². The van der Waals surface area contributed by atoms with Crippen molar-refractivity contribution in [2.75, 3.05) is 0 Å². The van der Waals surface area contributed by atoms with Gasteiger partial charge in [0.2, 0.25) is 0 Å². The Morgan fingerprint density at radius 1 is 0.333 bits per heavy atom. The quantitative estimate of drug-likeness (QED) is 0.527. The topological polar surface area (TPSA) is 55.4 Å². The molecule has 1 rings (SSSR count). The maximum atomic E-state index is 5.87. The van der Waals surface area contributed by atoms with Gasteiger partial charge in [-0.25, -0.2) is 0 Å². The van der Waals surface area contributed by atoms with Crippen LogP contribution in [0, 0.1) is 0 Å². The summed E-state index contributed by atoms with van der Waals surface area (Å²) in [7, 11) is -9.72. The minimum Gasteiger partial charge on any atom is -0.420 e. The molecule has 0 aromatic heterocycles. The summed E-state index contributed by atoms with van der Waals surface area (Å²) in [5, 5.41) is 0. The molecule has 0 saturated carbocycles. The molecule has 1 aliphatic rings. The third kappa shape index (κ3) is 7.01. The maximum Gasteiger partial charge on any atom is 0.300 e. The summed E-state index contributed by atoms with van der Waals surface area (Å²) in [5.41, 5.74) is 0. The van der Waals surface area contributed by atoms with Gasteiger partial charge in [-0.05, 0) is 39.3 Å². The standard InChI is InChI=1S/C6H24O6Si6/c1-13-7-14(2)9-16(4)11-18(6)12-17(5)10-15(3)8-13/h13-18H,1-6H3. The van der Waals surface area contributed by atoms with Crippen molar-refractivity contribution < 1.29 is 24.7 Å². The molecule has 1 heterocycles. The van der Waals surface area contributed by atoms with E-state index in [9.17, 15) is 0 Å². The van der Waals surface area contributed by atoms with E-state index in [4.69, 9.17) is 24.7 Å². The third-order valence-electron chi connectivity index (χ3n) is 2.30. The molecule has 0 radical (unpaired) electrons. The van der Waals surface area contributed by atoms with Crippen molar-refractivity contribution in [1.82, 2.24) is 0 Å². The van der Waals surface area contributed by atoms with Crippen LogP contribution in [0.1, 0.15) is 0 Å². The molecule has 0 amide bonds. The highest BCUT2D eigenvalue weighted by Crippen LogP contribution is 2.06. The van der Waals surface area contributed by atoms with Gasteiger partial charge in [-0.1, -0.05) is 0 Å². The van der Waals surface area contributed by atoms with Gasteiger partial charge in [-0.2, -0.15) is 0 Å². The van der Waals surface area contributed by atoms with Gasteiger partial charge in [0.1, 0.15) is 0 Å². The molecule has 12 heteroatoms. The van der Waals surface area contributed by atoms with Crippen LogP contribution in [-0.2, 0) is 24.7 Å². The van der Waals surface area contributed by atoms with E-state index in [-0.39, 0.29) is 0 Å². The Kier molecular flexibility index (Phi) is 7.96. The second kappa shape index (κ2) is 8.37. The van der Waals surface area contributed by atoms with Gasteiger partial charge in [-0.3, -0.25) is 0 Å². The fourth-order valence-electron chi connectivity index (χ4n) is 1.81. The average Bonchev–Trinajstić information content (AvgIpc) is 2.12. The van der Waals surface area contributed by atoms with Crippen LogP contribution < -0.4 is 0 Å². The Morgan fingerprint density at radius 2 is 0.444 bits per heavy atom. The second-order valence-corrected chi connectivity index (χ2v) is 17.6. The number of rotatable bonds is 0. The molecule has 0 aliphatic carbocycles. The highest BCUT2D eigenvalue weighted by atomic mass is 28.5. The lowest BCUT2D eigenvalue weighted by atomic mass is 11.9. The molecule has 108 valence electrons. The van der Waals surface area contributed by atoms with Crippen molar-refractivity contribution in [3.8, 4) is 0 Å². The van der Waals surface area contributed by atoms with Crippen molar-refractivity contribution in [3.63, 3.8) is 0 Å². The molecule has 0 aromatic carbocycles. The van der Waals surface area contributed by atoms with Gasteiger partial charge in [0, 0.05) is 0 Å². The lowest BCUT2D eigenvalue weighted by molar-refractivity contribution is 0.296. The van der Waals surface area contributed by atoms with Crippen molar-refractivity contribution >= 4 is 55.7 Å². The molecule has 1 saturated heterocycles. The van der Waals surface area contributed by atoms with Gasteiger partial charge in [0.25, 0.3) is 55.7 Å². The molecular weight excluding hydrogens is 337 g/mol. The van der Waals surface area contributed by atoms with Crippen LogP contribution >= 0.6 is 0 Å². The van der Waals surface area contributed by atoms with Gasteiger partial charge >= 0.3 is 0 Å². The van der Waals surface area contributed by atoms with Crippen LogP contribution in [0.4, 0.5) is 0 Å². The summed E-state index contributed by atoms with van der Waals surface area (Å²) < 4.78 is 35.2. The highest BCUT2D eigenvalue weighted by molar-refractivity contribution is 6.72. The first kappa shape index (κ1) is 17.1. The zero-order valence-corrected chi connectivity index (χ0v) is 18.8. The lowest BCUT2D eigenvalue weighted by Gasteiger charge is -2.28. The smallest absolute Gasteiger partial charge is 0.300 e. The predicted molar refractivity (Wildman–Crippen MR) is 84.6 cm³/mol. The molecule has 1 aliphatic heterocycles. The minimum atomic E-state index is -1.62. The SMILES string of the molecule is C[SiH]1O[SiH](C)O[SiH](C)O[SiH](C)O[SiH](C)O[SiH](C)O1. The normalized spacial score (nSPS) is 45.0. The molecule has 0 unspecified atom stereocenters. The Hall–Kier alpha value is 1.06. The maximum absolute atomic E-state index is 5.87. The van der Waals surface area contributed by atoms with Crippen molar-refractivity contribution in [1.29, 1.82) is 0 Å². The molecule has 0 N–H and O–H groups in total. The molecule has 0 spiro atoms. The molecule has 0 bridgehead atoms. The fourth-order valence-corrected chi connectivity index (χ4v) is 19.8. The molecular formula is C6H24O6Si6. The summed E-state index contributed by atoms with van der Waals surface area (Å²) in [5.74, 6) is 0. The summed E-state index contributed by atoms with van der Waals surface area (Å²) in [6.45, 7) is 12.2. The van der Waals surface area contributed by atoms with Crippen molar-refractivity contribution in [3.05, 3.63) is 0 Å². The number of hydrogen-bond donors (Lipinski definition) is 0. The van der Waals surface area contributed by atoms with Gasteiger partial charge < -0.3 is 24.7 Å². The molecule has 18 heavy (non-hydrogen) atoms. The van der Waals surface area contributed by atoms with Crippen LogP contribution in [0.25, 0.3) is 0 Å². The molecule has 6 nitrogen and oxygen atoms in total. The van der Waals surface area contributed by atoms with E-state index in [1.807, 2.05) is 39.3 Å². The summed E-state index contributed by atoms with van der Waals surface area (Å²) in [6.07, 6.45) is 0. The molecule has 0 aromatic rings. The molecule has 0 atom stereocenters. The van der Waals surface area contributed by atoms with Gasteiger partial charge in [0.05, 0.1) is 0 Å². The number of hydrogen-bond acceptors (Lipinski definition) is 6. The van der Waals surface area contributed by atoms with Gasteiger partial charge in [0.15, 0.2) is 0 Å². The van der Waals surface area contributed by atoms with Gasteiger partial charge in [-0.15, -0.1) is 0 Å². The van der Waals surface area contributed by atoms with E-state index in [2.05, 4.69) is 0 Å². The Labute approximate surface area is 120 Å². The average molecular weight is 361 g/mol. The predicted octanol–water partition coefficient (Wildman–Crippen LogP) is -0.799. The zero-order valence-electron chi connectivity index (χ0n) is 11.9. The summed E-state index contributed by atoms with van der Waals surface area (Å²) in [6, 6.07) is 0. The largest absolute Gasteiger partial charge is 0.420 e. The first-order chi connectivity index (χ1) is 8.36. The van der Waals surface area contributed by atoms with Crippen LogP contribution in [0.3, 0.4) is 0 Å². The minimum absolute atomic E-state index is 1.62. The van der Waals surface area contributed by atoms with Crippen molar-refractivity contribution in [2.45, 2.75) is 39.3 Å². The Balaban J connectivity index is 2.60. The third-order valence-corrected chi connectivity index (χ3v) is 20.7. The van der Waals surface area contributed by atoms with Crippen LogP contribution in [0.2, 0.25) is 39.3 Å². The van der Waals surface area contributed by atoms with E-state index in [0.29, 0.717) is 0 Å². The molecule has 1 fully saturated rings. The fraction of sp³-hybridized carbons (Fsp3) is 1.00. The summed E-state index contributed by atoms with van der Waals surface area (Å²) in [4.78, 5) is 0. The summed E-state index contributed by atoms with van der Waals surface area (Å²) >= 11 is 0. The van der Waals surface area contributed by atoms with E-state index >= 15 is 0 Å². The Morgan fingerprint density at radius 3 is 0.556 bits per heavy atom. The van der Waals surface area contributed by atoms with Crippen molar-refractivity contribution in [2.24, 2.45) is 0 Å². The first-order valence-corrected chi connectivity index (χ1v) is 18.9. The first-order valence-electron chi connectivity index (χ1n) is 6.29. The van der Waals surface area contributed by atoms with Crippen LogP contribution in [0.5, 0.6) is 0 Å². The van der Waals surface area contributed by atoms with E-state index in [1.54, 1.807) is 0 Å². The van der Waals surface area contributed by atoms with E-state index < -0.39 is 55.7 Å². The lowest BCUT2D eigenvalue weighted by Crippen LogP contribution is -2.44. The van der Waals surface area contributed by atoms with E-state index in [1.165, 1.54) is 0 Å². The van der Waals surface area contributed by atoms with Crippen LogP contribution in [0.15, 0.2) is 0 Å². The second-order valence-electron chi connectivity index (χ2n) is 4.22.